The van der Waals surface area contributed by atoms with Crippen LogP contribution in [0, 0.1) is 0 Å². The third-order valence-electron chi connectivity index (χ3n) is 3.68. The Morgan fingerprint density at radius 1 is 1.10 bits per heavy atom. The molecule has 0 aliphatic heterocycles. The molecule has 0 radical (unpaired) electrons. The zero-order valence-corrected chi connectivity index (χ0v) is 11.2. The predicted molar refractivity (Wildman–Crippen MR) is 79.7 cm³/mol. The van der Waals surface area contributed by atoms with E-state index in [-0.39, 0.29) is 0 Å². The summed E-state index contributed by atoms with van der Waals surface area (Å²) in [7, 11) is 0. The van der Waals surface area contributed by atoms with E-state index < -0.39 is 0 Å². The van der Waals surface area contributed by atoms with Gasteiger partial charge in [0.2, 0.25) is 5.95 Å². The molecule has 2 heterocycles. The highest BCUT2D eigenvalue weighted by Gasteiger charge is 2.22. The van der Waals surface area contributed by atoms with Crippen LogP contribution in [0.4, 0.5) is 5.95 Å². The number of rotatable bonds is 4. The number of hydrogen-bond donors (Lipinski definition) is 1. The minimum absolute atomic E-state index is 0.613. The van der Waals surface area contributed by atoms with Crippen LogP contribution in [0.2, 0.25) is 0 Å². The lowest BCUT2D eigenvalue weighted by atomic mass is 10.1. The standard InChI is InChI=1S/C16H16N4/c1-3-12-5-2-8-17-15(12)13(4-1)11-20-10-9-18-16(20)19-14-6-7-14/h1-5,8-10,14H,6-7,11H2,(H,18,19). The summed E-state index contributed by atoms with van der Waals surface area (Å²) in [6, 6.07) is 11.0. The first kappa shape index (κ1) is 11.5. The van der Waals surface area contributed by atoms with Crippen LogP contribution in [0.1, 0.15) is 18.4 Å². The zero-order chi connectivity index (χ0) is 13.4. The molecule has 1 N–H and O–H groups in total. The molecule has 0 amide bonds. The second-order valence-corrected chi connectivity index (χ2v) is 5.29. The fourth-order valence-corrected chi connectivity index (χ4v) is 2.47. The van der Waals surface area contributed by atoms with Crippen LogP contribution in [0.25, 0.3) is 10.9 Å². The van der Waals surface area contributed by atoms with Crippen molar-refractivity contribution in [2.24, 2.45) is 0 Å². The molecule has 0 spiro atoms. The number of fused-ring (bicyclic) bond motifs is 1. The average Bonchev–Trinajstić information content (AvgIpc) is 3.19. The van der Waals surface area contributed by atoms with Gasteiger partial charge >= 0.3 is 0 Å². The molecule has 1 aromatic carbocycles. The van der Waals surface area contributed by atoms with Crippen molar-refractivity contribution in [3.8, 4) is 0 Å². The Balaban J connectivity index is 1.68. The van der Waals surface area contributed by atoms with Gasteiger partial charge in [-0.25, -0.2) is 4.98 Å². The molecule has 0 saturated heterocycles. The predicted octanol–water partition coefficient (Wildman–Crippen LogP) is 3.05. The van der Waals surface area contributed by atoms with Crippen molar-refractivity contribution in [2.75, 3.05) is 5.32 Å². The van der Waals surface area contributed by atoms with Crippen molar-refractivity contribution in [1.29, 1.82) is 0 Å². The molecule has 1 fully saturated rings. The average molecular weight is 264 g/mol. The van der Waals surface area contributed by atoms with Gasteiger partial charge < -0.3 is 9.88 Å². The van der Waals surface area contributed by atoms with Gasteiger partial charge in [-0.1, -0.05) is 24.3 Å². The second kappa shape index (κ2) is 4.63. The Morgan fingerprint density at radius 3 is 2.90 bits per heavy atom. The highest BCUT2D eigenvalue weighted by Crippen LogP contribution is 2.24. The summed E-state index contributed by atoms with van der Waals surface area (Å²) in [4.78, 5) is 8.91. The normalized spacial score (nSPS) is 14.6. The van der Waals surface area contributed by atoms with Crippen molar-refractivity contribution in [2.45, 2.75) is 25.4 Å². The molecule has 2 aromatic heterocycles. The van der Waals surface area contributed by atoms with E-state index in [0.29, 0.717) is 6.04 Å². The van der Waals surface area contributed by atoms with Gasteiger partial charge in [-0.3, -0.25) is 4.98 Å². The van der Waals surface area contributed by atoms with E-state index in [4.69, 9.17) is 0 Å². The van der Waals surface area contributed by atoms with Gasteiger partial charge in [-0.05, 0) is 24.5 Å². The summed E-state index contributed by atoms with van der Waals surface area (Å²) in [5.74, 6) is 0.959. The SMILES string of the molecule is c1cnc2c(Cn3ccnc3NC3CC3)cccc2c1. The lowest BCUT2D eigenvalue weighted by Gasteiger charge is -2.10. The number of nitrogens with zero attached hydrogens (tertiary/aromatic N) is 3. The van der Waals surface area contributed by atoms with Crippen LogP contribution in [0.5, 0.6) is 0 Å². The monoisotopic (exact) mass is 264 g/mol. The largest absolute Gasteiger partial charge is 0.353 e. The van der Waals surface area contributed by atoms with Crippen molar-refractivity contribution in [1.82, 2.24) is 14.5 Å². The van der Waals surface area contributed by atoms with Crippen molar-refractivity contribution in [3.05, 3.63) is 54.5 Å². The molecule has 3 aromatic rings. The Morgan fingerprint density at radius 2 is 2.00 bits per heavy atom. The molecule has 4 rings (SSSR count). The highest BCUT2D eigenvalue weighted by molar-refractivity contribution is 5.81. The van der Waals surface area contributed by atoms with Crippen LogP contribution in [-0.2, 0) is 6.54 Å². The van der Waals surface area contributed by atoms with Crippen LogP contribution < -0.4 is 5.32 Å². The zero-order valence-electron chi connectivity index (χ0n) is 11.2. The van der Waals surface area contributed by atoms with E-state index in [1.54, 1.807) is 0 Å². The Hall–Kier alpha value is -2.36. The van der Waals surface area contributed by atoms with E-state index in [2.05, 4.69) is 44.1 Å². The smallest absolute Gasteiger partial charge is 0.203 e. The molecule has 0 unspecified atom stereocenters. The summed E-state index contributed by atoms with van der Waals surface area (Å²) in [6.45, 7) is 0.795. The number of imidazole rings is 1. The summed E-state index contributed by atoms with van der Waals surface area (Å²) in [6.07, 6.45) is 8.23. The highest BCUT2D eigenvalue weighted by atomic mass is 15.2. The molecular formula is C16H16N4. The third-order valence-corrected chi connectivity index (χ3v) is 3.68. The van der Waals surface area contributed by atoms with Gasteiger partial charge in [-0.15, -0.1) is 0 Å². The minimum atomic E-state index is 0.613. The number of aromatic nitrogens is 3. The minimum Gasteiger partial charge on any atom is -0.353 e. The first-order valence-electron chi connectivity index (χ1n) is 7.00. The molecule has 0 bridgehead atoms. The van der Waals surface area contributed by atoms with Crippen molar-refractivity contribution < 1.29 is 0 Å². The molecular weight excluding hydrogens is 248 g/mol. The number of nitrogens with one attached hydrogen (secondary N) is 1. The second-order valence-electron chi connectivity index (χ2n) is 5.29. The van der Waals surface area contributed by atoms with Gasteiger partial charge in [-0.2, -0.15) is 0 Å². The van der Waals surface area contributed by atoms with Gasteiger partial charge in [0.1, 0.15) is 0 Å². The summed E-state index contributed by atoms with van der Waals surface area (Å²) >= 11 is 0. The van der Waals surface area contributed by atoms with Crippen LogP contribution >= 0.6 is 0 Å². The van der Waals surface area contributed by atoms with Gasteiger partial charge in [0.05, 0.1) is 12.1 Å². The topological polar surface area (TPSA) is 42.7 Å². The van der Waals surface area contributed by atoms with Crippen molar-refractivity contribution >= 4 is 16.9 Å². The van der Waals surface area contributed by atoms with Gasteiger partial charge in [0.25, 0.3) is 0 Å². The third kappa shape index (κ3) is 2.13. The van der Waals surface area contributed by atoms with Gasteiger partial charge in [0.15, 0.2) is 0 Å². The van der Waals surface area contributed by atoms with E-state index in [0.717, 1.165) is 18.0 Å². The first-order valence-corrected chi connectivity index (χ1v) is 7.00. The number of para-hydroxylation sites is 1. The number of pyridine rings is 1. The van der Waals surface area contributed by atoms with Gasteiger partial charge in [0, 0.05) is 30.0 Å². The first-order chi connectivity index (χ1) is 9.90. The van der Waals surface area contributed by atoms with E-state index in [1.807, 2.05) is 24.7 Å². The molecule has 20 heavy (non-hydrogen) atoms. The van der Waals surface area contributed by atoms with Crippen LogP contribution in [0.3, 0.4) is 0 Å². The quantitative estimate of drug-likeness (QED) is 0.787. The summed E-state index contributed by atoms with van der Waals surface area (Å²) < 4.78 is 2.15. The van der Waals surface area contributed by atoms with E-state index in [9.17, 15) is 0 Å². The lowest BCUT2D eigenvalue weighted by Crippen LogP contribution is -2.09. The van der Waals surface area contributed by atoms with Crippen molar-refractivity contribution in [3.63, 3.8) is 0 Å². The maximum absolute atomic E-state index is 4.51. The van der Waals surface area contributed by atoms with E-state index in [1.165, 1.54) is 23.8 Å². The molecule has 1 aliphatic carbocycles. The fourth-order valence-electron chi connectivity index (χ4n) is 2.47. The molecule has 1 saturated carbocycles. The molecule has 4 heteroatoms. The number of anilines is 1. The summed E-state index contributed by atoms with van der Waals surface area (Å²) in [5, 5.41) is 4.65. The Bertz CT molecular complexity index is 738. The van der Waals surface area contributed by atoms with Crippen LogP contribution in [0.15, 0.2) is 48.9 Å². The van der Waals surface area contributed by atoms with E-state index >= 15 is 0 Å². The number of benzene rings is 1. The summed E-state index contributed by atoms with van der Waals surface area (Å²) in [5.41, 5.74) is 2.29. The molecule has 1 aliphatic rings. The number of hydrogen-bond acceptors (Lipinski definition) is 3. The Kier molecular flexibility index (Phi) is 2.66. The maximum atomic E-state index is 4.51. The lowest BCUT2D eigenvalue weighted by molar-refractivity contribution is 0.800. The molecule has 0 atom stereocenters. The maximum Gasteiger partial charge on any atom is 0.203 e. The van der Waals surface area contributed by atoms with Crippen LogP contribution in [-0.4, -0.2) is 20.6 Å². The molecule has 100 valence electrons. The fraction of sp³-hybridized carbons (Fsp3) is 0.250. The Labute approximate surface area is 117 Å². The molecule has 4 nitrogen and oxygen atoms in total.